The monoisotopic (exact) mass is 607 g/mol. The van der Waals surface area contributed by atoms with Gasteiger partial charge in [0.25, 0.3) is 5.91 Å². The molecule has 9 nitrogen and oxygen atoms in total. The summed E-state index contributed by atoms with van der Waals surface area (Å²) < 4.78 is 62.8. The molecular weight excluding hydrogens is 573 g/mol. The van der Waals surface area contributed by atoms with Crippen molar-refractivity contribution in [1.29, 1.82) is 5.26 Å². The van der Waals surface area contributed by atoms with Crippen molar-refractivity contribution < 1.29 is 31.5 Å². The van der Waals surface area contributed by atoms with Crippen molar-refractivity contribution >= 4 is 22.8 Å². The number of imidazole rings is 1. The second kappa shape index (κ2) is 14.0. The van der Waals surface area contributed by atoms with E-state index >= 15 is 0 Å². The summed E-state index contributed by atoms with van der Waals surface area (Å²) >= 11 is 0. The van der Waals surface area contributed by atoms with Crippen molar-refractivity contribution in [3.63, 3.8) is 0 Å². The number of benzene rings is 1. The summed E-state index contributed by atoms with van der Waals surface area (Å²) in [5, 5.41) is 18.8. The third kappa shape index (κ3) is 9.76. The van der Waals surface area contributed by atoms with Gasteiger partial charge in [-0.1, -0.05) is 18.9 Å². The van der Waals surface area contributed by atoms with E-state index in [0.29, 0.717) is 47.7 Å². The number of aromatic nitrogens is 4. The van der Waals surface area contributed by atoms with Crippen LogP contribution in [0.3, 0.4) is 0 Å². The molecule has 1 aromatic carbocycles. The molecule has 0 radical (unpaired) electrons. The van der Waals surface area contributed by atoms with Gasteiger partial charge in [0.05, 0.1) is 24.0 Å². The average molecular weight is 608 g/mol. The van der Waals surface area contributed by atoms with E-state index < -0.39 is 36.8 Å². The third-order valence-electron chi connectivity index (χ3n) is 7.49. The van der Waals surface area contributed by atoms with Crippen LogP contribution in [0.5, 0.6) is 0 Å². The number of nitrogens with one attached hydrogen (secondary N) is 3. The second-order valence-corrected chi connectivity index (χ2v) is 11.0. The van der Waals surface area contributed by atoms with Crippen LogP contribution in [0.25, 0.3) is 11.0 Å². The lowest BCUT2D eigenvalue weighted by atomic mass is 9.85. The molecular formula is C29H34F5N7O2. The van der Waals surface area contributed by atoms with Crippen LogP contribution in [-0.2, 0) is 24.4 Å². The summed E-state index contributed by atoms with van der Waals surface area (Å²) in [7, 11) is 0. The highest BCUT2D eigenvalue weighted by Crippen LogP contribution is 2.32. The maximum Gasteiger partial charge on any atom is 0.389 e. The first-order valence-corrected chi connectivity index (χ1v) is 14.4. The van der Waals surface area contributed by atoms with Gasteiger partial charge in [0.1, 0.15) is 17.5 Å². The lowest BCUT2D eigenvalue weighted by Crippen LogP contribution is -2.25. The van der Waals surface area contributed by atoms with Gasteiger partial charge in [-0.3, -0.25) is 14.3 Å². The summed E-state index contributed by atoms with van der Waals surface area (Å²) in [4.78, 5) is 31.7. The standard InChI is InChI=1S/C23H24F3N7O2.C6H10F2/c24-23(25,26)7-6-20(34)28-10-15-4-5-17-18(8-15)31-19(30-17)11-29-22(35)21-16(9-27)13-33(32-21)12-14-2-1-3-14;7-6(8)4-2-1-3-5-6/h4-5,8,13-14H,1-3,6-7,10-12H2,(H,28,34)(H,29,35)(H,30,31);1-5H2. The fraction of sp³-hybridized carbons (Fsp3) is 0.552. The number of rotatable bonds is 9. The molecule has 2 aliphatic rings. The van der Waals surface area contributed by atoms with E-state index in [1.165, 1.54) is 6.42 Å². The number of carbonyl (C=O) groups is 2. The van der Waals surface area contributed by atoms with Crippen LogP contribution in [0.2, 0.25) is 0 Å². The molecule has 2 saturated carbocycles. The fourth-order valence-corrected chi connectivity index (χ4v) is 4.87. The number of nitriles is 1. The molecule has 3 N–H and O–H groups in total. The number of H-pyrrole nitrogens is 1. The smallest absolute Gasteiger partial charge is 0.352 e. The van der Waals surface area contributed by atoms with E-state index in [0.717, 1.165) is 19.3 Å². The van der Waals surface area contributed by atoms with E-state index in [1.54, 1.807) is 29.1 Å². The van der Waals surface area contributed by atoms with Gasteiger partial charge in [0.2, 0.25) is 11.8 Å². The van der Waals surface area contributed by atoms with Crippen molar-refractivity contribution in [3.8, 4) is 6.07 Å². The topological polar surface area (TPSA) is 128 Å². The van der Waals surface area contributed by atoms with Crippen LogP contribution in [0, 0.1) is 17.2 Å². The largest absolute Gasteiger partial charge is 0.389 e. The number of fused-ring (bicyclic) bond motifs is 1. The molecule has 14 heteroatoms. The molecule has 2 aromatic heterocycles. The summed E-state index contributed by atoms with van der Waals surface area (Å²) in [6, 6.07) is 7.17. The lowest BCUT2D eigenvalue weighted by molar-refractivity contribution is -0.144. The van der Waals surface area contributed by atoms with Crippen LogP contribution in [0.15, 0.2) is 24.4 Å². The lowest BCUT2D eigenvalue weighted by Gasteiger charge is -2.24. The Morgan fingerprint density at radius 3 is 2.44 bits per heavy atom. The molecule has 0 bridgehead atoms. The van der Waals surface area contributed by atoms with Crippen molar-refractivity contribution in [2.45, 2.75) is 95.9 Å². The molecule has 0 aliphatic heterocycles. The van der Waals surface area contributed by atoms with E-state index in [4.69, 9.17) is 0 Å². The van der Waals surface area contributed by atoms with Crippen molar-refractivity contribution in [2.24, 2.45) is 5.92 Å². The fourth-order valence-electron chi connectivity index (χ4n) is 4.87. The third-order valence-corrected chi connectivity index (χ3v) is 7.49. The number of hydrogen-bond acceptors (Lipinski definition) is 5. The van der Waals surface area contributed by atoms with Gasteiger partial charge in [-0.15, -0.1) is 0 Å². The maximum absolute atomic E-state index is 12.6. The number of nitrogens with zero attached hydrogens (tertiary/aromatic N) is 4. The Hall–Kier alpha value is -4.02. The van der Waals surface area contributed by atoms with E-state index in [1.807, 2.05) is 6.07 Å². The Balaban J connectivity index is 0.000000458. The van der Waals surface area contributed by atoms with Crippen LogP contribution < -0.4 is 10.6 Å². The first kappa shape index (κ1) is 31.9. The van der Waals surface area contributed by atoms with E-state index in [2.05, 4.69) is 25.7 Å². The van der Waals surface area contributed by atoms with Crippen molar-refractivity contribution in [1.82, 2.24) is 30.4 Å². The molecule has 5 rings (SSSR count). The molecule has 0 atom stereocenters. The zero-order chi connectivity index (χ0) is 31.0. The predicted octanol–water partition coefficient (Wildman–Crippen LogP) is 5.91. The van der Waals surface area contributed by atoms with Gasteiger partial charge in [0, 0.05) is 38.5 Å². The number of hydrogen-bond donors (Lipinski definition) is 3. The Labute approximate surface area is 245 Å². The Morgan fingerprint density at radius 1 is 1.09 bits per heavy atom. The molecule has 2 heterocycles. The highest BCUT2D eigenvalue weighted by Gasteiger charge is 2.30. The first-order chi connectivity index (χ1) is 20.4. The number of alkyl halides is 5. The molecule has 2 aliphatic carbocycles. The highest BCUT2D eigenvalue weighted by molar-refractivity contribution is 5.94. The van der Waals surface area contributed by atoms with Crippen LogP contribution >= 0.6 is 0 Å². The molecule has 3 aromatic rings. The van der Waals surface area contributed by atoms with Gasteiger partial charge in [-0.2, -0.15) is 23.5 Å². The predicted molar refractivity (Wildman–Crippen MR) is 147 cm³/mol. The van der Waals surface area contributed by atoms with Gasteiger partial charge in [-0.05, 0) is 49.3 Å². The van der Waals surface area contributed by atoms with Gasteiger partial charge in [-0.25, -0.2) is 13.8 Å². The van der Waals surface area contributed by atoms with Crippen molar-refractivity contribution in [2.75, 3.05) is 0 Å². The number of aromatic amines is 1. The Morgan fingerprint density at radius 2 is 1.84 bits per heavy atom. The second-order valence-electron chi connectivity index (χ2n) is 11.0. The Kier molecular flexibility index (Phi) is 10.4. The normalized spacial score (nSPS) is 16.5. The maximum atomic E-state index is 12.6. The summed E-state index contributed by atoms with van der Waals surface area (Å²) in [5.41, 5.74) is 2.26. The number of halogens is 5. The molecule has 232 valence electrons. The molecule has 0 saturated heterocycles. The molecule has 2 fully saturated rings. The van der Waals surface area contributed by atoms with Crippen LogP contribution in [0.4, 0.5) is 22.0 Å². The summed E-state index contributed by atoms with van der Waals surface area (Å²) in [6.45, 7) is 0.853. The SMILES string of the molecule is FC1(F)CCCCC1.N#Cc1cn(CC2CCC2)nc1C(=O)NCc1nc2ccc(CNC(=O)CCC(F)(F)F)cc2[nH]1. The molecule has 0 unspecified atom stereocenters. The average Bonchev–Trinajstić information content (AvgIpc) is 3.54. The van der Waals surface area contributed by atoms with Crippen LogP contribution in [0.1, 0.15) is 91.6 Å². The number of amides is 2. The zero-order valence-corrected chi connectivity index (χ0v) is 23.6. The van der Waals surface area contributed by atoms with Crippen molar-refractivity contribution in [3.05, 3.63) is 47.0 Å². The van der Waals surface area contributed by atoms with E-state index in [9.17, 15) is 36.8 Å². The minimum Gasteiger partial charge on any atom is -0.352 e. The van der Waals surface area contributed by atoms with Gasteiger partial charge in [0.15, 0.2) is 5.69 Å². The van der Waals surface area contributed by atoms with Gasteiger partial charge < -0.3 is 15.6 Å². The highest BCUT2D eigenvalue weighted by atomic mass is 19.4. The van der Waals surface area contributed by atoms with Gasteiger partial charge >= 0.3 is 6.18 Å². The summed E-state index contributed by atoms with van der Waals surface area (Å²) in [5.74, 6) is -2.46. The zero-order valence-electron chi connectivity index (χ0n) is 23.6. The summed E-state index contributed by atoms with van der Waals surface area (Å²) in [6.07, 6.45) is 1.55. The molecule has 0 spiro atoms. The first-order valence-electron chi connectivity index (χ1n) is 14.4. The minimum atomic E-state index is -4.37. The quantitative estimate of drug-likeness (QED) is 0.261. The minimum absolute atomic E-state index is 0.0754. The van der Waals surface area contributed by atoms with E-state index in [-0.39, 0.29) is 37.2 Å². The van der Waals surface area contributed by atoms with Crippen LogP contribution in [-0.4, -0.2) is 43.7 Å². The molecule has 43 heavy (non-hydrogen) atoms. The molecule has 2 amide bonds. The number of carbonyl (C=O) groups excluding carboxylic acids is 2. The Bertz CT molecular complexity index is 1450.